The van der Waals surface area contributed by atoms with E-state index in [4.69, 9.17) is 4.74 Å². The van der Waals surface area contributed by atoms with E-state index in [9.17, 15) is 9.18 Å². The predicted molar refractivity (Wildman–Crippen MR) is 90.3 cm³/mol. The van der Waals surface area contributed by atoms with Crippen LogP contribution >= 0.6 is 0 Å². The van der Waals surface area contributed by atoms with E-state index in [-0.39, 0.29) is 11.9 Å². The number of aromatic nitrogens is 2. The lowest BCUT2D eigenvalue weighted by Crippen LogP contribution is -2.42. The molecule has 0 unspecified atom stereocenters. The third-order valence-corrected chi connectivity index (χ3v) is 4.24. The van der Waals surface area contributed by atoms with Crippen molar-refractivity contribution in [3.05, 3.63) is 29.8 Å². The van der Waals surface area contributed by atoms with Crippen molar-refractivity contribution >= 4 is 17.1 Å². The molecule has 1 aliphatic heterocycles. The molecule has 1 saturated heterocycles. The molecule has 1 fully saturated rings. The molecule has 0 radical (unpaired) electrons. The average Bonchev–Trinajstić information content (AvgIpc) is 2.87. The van der Waals surface area contributed by atoms with Crippen molar-refractivity contribution in [2.75, 3.05) is 13.1 Å². The van der Waals surface area contributed by atoms with Crippen molar-refractivity contribution in [2.45, 2.75) is 45.6 Å². The fraction of sp³-hybridized carbons (Fsp3) is 0.556. The standard InChI is InChI=1S/C18H24FN3O2/c1-18(2,3)24-17(23)22-8-6-12(7-9-22)10-16-20-14-5-4-13(19)11-15(14)21-16/h4-5,11-12H,6-10H2,1-3H3,(H,20,21). The average molecular weight is 333 g/mol. The Kier molecular flexibility index (Phi) is 4.47. The third-order valence-electron chi connectivity index (χ3n) is 4.24. The number of halogens is 1. The number of fused-ring (bicyclic) bond motifs is 1. The molecule has 0 spiro atoms. The number of rotatable bonds is 2. The molecule has 6 heteroatoms. The number of benzene rings is 1. The zero-order valence-electron chi connectivity index (χ0n) is 14.4. The van der Waals surface area contributed by atoms with Gasteiger partial charge in [0, 0.05) is 19.5 Å². The van der Waals surface area contributed by atoms with Crippen molar-refractivity contribution < 1.29 is 13.9 Å². The first-order valence-corrected chi connectivity index (χ1v) is 8.42. The molecule has 1 N–H and O–H groups in total. The van der Waals surface area contributed by atoms with Crippen LogP contribution in [0.3, 0.4) is 0 Å². The minimum atomic E-state index is -0.461. The smallest absolute Gasteiger partial charge is 0.410 e. The molecule has 0 saturated carbocycles. The summed E-state index contributed by atoms with van der Waals surface area (Å²) in [5.41, 5.74) is 1.06. The highest BCUT2D eigenvalue weighted by molar-refractivity contribution is 5.74. The van der Waals surface area contributed by atoms with E-state index in [0.717, 1.165) is 36.1 Å². The molecule has 0 bridgehead atoms. The molecule has 1 amide bonds. The Morgan fingerprint density at radius 2 is 2.08 bits per heavy atom. The largest absolute Gasteiger partial charge is 0.444 e. The highest BCUT2D eigenvalue weighted by Crippen LogP contribution is 2.23. The number of H-pyrrole nitrogens is 1. The number of aromatic amines is 1. The summed E-state index contributed by atoms with van der Waals surface area (Å²) in [7, 11) is 0. The maximum Gasteiger partial charge on any atom is 0.410 e. The first kappa shape index (κ1) is 16.7. The van der Waals surface area contributed by atoms with Gasteiger partial charge in [-0.3, -0.25) is 0 Å². The Bertz CT molecular complexity index is 727. The Balaban J connectivity index is 1.55. The molecule has 24 heavy (non-hydrogen) atoms. The van der Waals surface area contributed by atoms with Gasteiger partial charge in [0.2, 0.25) is 0 Å². The van der Waals surface area contributed by atoms with Crippen LogP contribution in [0.15, 0.2) is 18.2 Å². The summed E-state index contributed by atoms with van der Waals surface area (Å²) in [6.07, 6.45) is 2.42. The van der Waals surface area contributed by atoms with E-state index in [1.165, 1.54) is 12.1 Å². The van der Waals surface area contributed by atoms with Gasteiger partial charge in [0.05, 0.1) is 11.0 Å². The van der Waals surface area contributed by atoms with Gasteiger partial charge in [0.25, 0.3) is 0 Å². The van der Waals surface area contributed by atoms with Gasteiger partial charge in [-0.1, -0.05) is 0 Å². The summed E-state index contributed by atoms with van der Waals surface area (Å²) in [6.45, 7) is 7.04. The van der Waals surface area contributed by atoms with Crippen LogP contribution in [-0.2, 0) is 11.2 Å². The van der Waals surface area contributed by atoms with Crippen molar-refractivity contribution in [2.24, 2.45) is 5.92 Å². The number of nitrogens with zero attached hydrogens (tertiary/aromatic N) is 2. The number of imidazole rings is 1. The summed E-state index contributed by atoms with van der Waals surface area (Å²) in [6, 6.07) is 4.58. The maximum atomic E-state index is 13.2. The first-order valence-electron chi connectivity index (χ1n) is 8.42. The Morgan fingerprint density at radius 3 is 2.75 bits per heavy atom. The van der Waals surface area contributed by atoms with Gasteiger partial charge < -0.3 is 14.6 Å². The molecule has 2 aromatic rings. The molecular formula is C18H24FN3O2. The maximum absolute atomic E-state index is 13.2. The molecular weight excluding hydrogens is 309 g/mol. The predicted octanol–water partition coefficient (Wildman–Crippen LogP) is 3.89. The second-order valence-electron chi connectivity index (χ2n) is 7.46. The molecule has 130 valence electrons. The van der Waals surface area contributed by atoms with Gasteiger partial charge in [-0.25, -0.2) is 14.2 Å². The van der Waals surface area contributed by atoms with Gasteiger partial charge in [0.1, 0.15) is 17.2 Å². The lowest BCUT2D eigenvalue weighted by atomic mass is 9.93. The van der Waals surface area contributed by atoms with E-state index < -0.39 is 5.60 Å². The van der Waals surface area contributed by atoms with E-state index in [0.29, 0.717) is 19.0 Å². The lowest BCUT2D eigenvalue weighted by Gasteiger charge is -2.33. The van der Waals surface area contributed by atoms with Crippen LogP contribution in [0.5, 0.6) is 0 Å². The second kappa shape index (κ2) is 6.42. The summed E-state index contributed by atoms with van der Waals surface area (Å²) < 4.78 is 18.7. The topological polar surface area (TPSA) is 58.2 Å². The Morgan fingerprint density at radius 1 is 1.38 bits per heavy atom. The Labute approximate surface area is 141 Å². The van der Waals surface area contributed by atoms with Crippen molar-refractivity contribution in [1.29, 1.82) is 0 Å². The van der Waals surface area contributed by atoms with E-state index >= 15 is 0 Å². The van der Waals surface area contributed by atoms with Crippen LogP contribution in [0.2, 0.25) is 0 Å². The van der Waals surface area contributed by atoms with Crippen LogP contribution in [0, 0.1) is 11.7 Å². The number of hydrogen-bond acceptors (Lipinski definition) is 3. The van der Waals surface area contributed by atoms with Crippen molar-refractivity contribution in [3.63, 3.8) is 0 Å². The lowest BCUT2D eigenvalue weighted by molar-refractivity contribution is 0.0184. The number of carbonyl (C=O) groups excluding carboxylic acids is 1. The van der Waals surface area contributed by atoms with Crippen LogP contribution in [0.25, 0.3) is 11.0 Å². The second-order valence-corrected chi connectivity index (χ2v) is 7.46. The summed E-state index contributed by atoms with van der Waals surface area (Å²) in [4.78, 5) is 21.6. The monoisotopic (exact) mass is 333 g/mol. The molecule has 5 nitrogen and oxygen atoms in total. The highest BCUT2D eigenvalue weighted by atomic mass is 19.1. The zero-order valence-corrected chi connectivity index (χ0v) is 14.4. The van der Waals surface area contributed by atoms with Crippen LogP contribution < -0.4 is 0 Å². The van der Waals surface area contributed by atoms with Crippen molar-refractivity contribution in [1.82, 2.24) is 14.9 Å². The minimum absolute atomic E-state index is 0.236. The van der Waals surface area contributed by atoms with E-state index in [1.807, 2.05) is 20.8 Å². The number of piperidine rings is 1. The first-order chi connectivity index (χ1) is 11.3. The normalized spacial score (nSPS) is 16.6. The molecule has 1 aliphatic rings. The molecule has 3 rings (SSSR count). The van der Waals surface area contributed by atoms with Gasteiger partial charge in [0.15, 0.2) is 0 Å². The molecule has 1 aromatic heterocycles. The summed E-state index contributed by atoms with van der Waals surface area (Å²) in [5, 5.41) is 0. The minimum Gasteiger partial charge on any atom is -0.444 e. The fourth-order valence-electron chi connectivity index (χ4n) is 3.05. The number of hydrogen-bond donors (Lipinski definition) is 1. The number of likely N-dealkylation sites (tertiary alicyclic amines) is 1. The fourth-order valence-corrected chi connectivity index (χ4v) is 3.05. The highest BCUT2D eigenvalue weighted by Gasteiger charge is 2.27. The Hall–Kier alpha value is -2.11. The SMILES string of the molecule is CC(C)(C)OC(=O)N1CCC(Cc2nc3ccc(F)cc3[nH]2)CC1. The van der Waals surface area contributed by atoms with E-state index in [2.05, 4.69) is 9.97 Å². The van der Waals surface area contributed by atoms with Gasteiger partial charge >= 0.3 is 6.09 Å². The van der Waals surface area contributed by atoms with Crippen LogP contribution in [0.1, 0.15) is 39.4 Å². The number of carbonyl (C=O) groups is 1. The molecule has 0 atom stereocenters. The number of ether oxygens (including phenoxy) is 1. The van der Waals surface area contributed by atoms with Gasteiger partial charge in [-0.15, -0.1) is 0 Å². The molecule has 0 aliphatic carbocycles. The quantitative estimate of drug-likeness (QED) is 0.907. The van der Waals surface area contributed by atoms with Gasteiger partial charge in [-0.2, -0.15) is 0 Å². The van der Waals surface area contributed by atoms with Crippen molar-refractivity contribution in [3.8, 4) is 0 Å². The van der Waals surface area contributed by atoms with Crippen LogP contribution in [0.4, 0.5) is 9.18 Å². The van der Waals surface area contributed by atoms with Crippen LogP contribution in [-0.4, -0.2) is 39.7 Å². The summed E-state index contributed by atoms with van der Waals surface area (Å²) in [5.74, 6) is 1.09. The summed E-state index contributed by atoms with van der Waals surface area (Å²) >= 11 is 0. The van der Waals surface area contributed by atoms with E-state index in [1.54, 1.807) is 11.0 Å². The third kappa shape index (κ3) is 4.04. The van der Waals surface area contributed by atoms with Gasteiger partial charge in [-0.05, 0) is 57.7 Å². The number of amides is 1. The number of nitrogens with one attached hydrogen (secondary N) is 1. The molecule has 1 aromatic carbocycles. The zero-order chi connectivity index (χ0) is 17.3. The molecule has 2 heterocycles.